The second-order valence-corrected chi connectivity index (χ2v) is 5.91. The zero-order valence-corrected chi connectivity index (χ0v) is 15.8. The lowest BCUT2D eigenvalue weighted by atomic mass is 9.95. The maximum absolute atomic E-state index is 12.9. The number of nitrogens with one attached hydrogen (secondary N) is 1. The number of amides is 1. The zero-order valence-electron chi connectivity index (χ0n) is 15.8. The number of esters is 3. The molecule has 1 amide bonds. The van der Waals surface area contributed by atoms with Crippen molar-refractivity contribution < 1.29 is 33.4 Å². The molecule has 0 spiro atoms. The van der Waals surface area contributed by atoms with Crippen molar-refractivity contribution in [2.75, 3.05) is 21.3 Å². The summed E-state index contributed by atoms with van der Waals surface area (Å²) in [5.74, 6) is -4.36. The van der Waals surface area contributed by atoms with E-state index in [-0.39, 0.29) is 0 Å². The van der Waals surface area contributed by atoms with Gasteiger partial charge in [-0.3, -0.25) is 14.4 Å². The van der Waals surface area contributed by atoms with Crippen LogP contribution in [0.2, 0.25) is 0 Å². The Kier molecular flexibility index (Phi) is 7.08. The van der Waals surface area contributed by atoms with Gasteiger partial charge in [0.25, 0.3) is 5.91 Å². The van der Waals surface area contributed by atoms with Crippen LogP contribution < -0.4 is 5.32 Å². The molecule has 0 aliphatic heterocycles. The number of ether oxygens (including phenoxy) is 3. The maximum atomic E-state index is 12.9. The van der Waals surface area contributed by atoms with E-state index in [0.29, 0.717) is 10.9 Å². The van der Waals surface area contributed by atoms with Crippen LogP contribution in [0.5, 0.6) is 0 Å². The quantitative estimate of drug-likeness (QED) is 0.566. The molecule has 0 bridgehead atoms. The van der Waals surface area contributed by atoms with E-state index in [1.54, 1.807) is 24.3 Å². The Morgan fingerprint density at radius 3 is 2.14 bits per heavy atom. The zero-order chi connectivity index (χ0) is 20.7. The third-order valence-corrected chi connectivity index (χ3v) is 4.30. The van der Waals surface area contributed by atoms with Crippen LogP contribution in [0.4, 0.5) is 0 Å². The van der Waals surface area contributed by atoms with E-state index in [1.807, 2.05) is 18.2 Å². The van der Waals surface area contributed by atoms with Crippen molar-refractivity contribution in [1.29, 1.82) is 0 Å². The van der Waals surface area contributed by atoms with Gasteiger partial charge in [0.05, 0.1) is 33.7 Å². The van der Waals surface area contributed by atoms with E-state index in [9.17, 15) is 19.2 Å². The summed E-state index contributed by atoms with van der Waals surface area (Å²) in [5, 5.41) is 4.01. The molecule has 8 nitrogen and oxygen atoms in total. The van der Waals surface area contributed by atoms with Crippen LogP contribution >= 0.6 is 0 Å². The summed E-state index contributed by atoms with van der Waals surface area (Å²) >= 11 is 0. The summed E-state index contributed by atoms with van der Waals surface area (Å²) in [5.41, 5.74) is 0.314. The van der Waals surface area contributed by atoms with Gasteiger partial charge in [0.15, 0.2) is 0 Å². The molecule has 0 saturated carbocycles. The molecule has 8 heteroatoms. The first-order valence-electron chi connectivity index (χ1n) is 8.44. The fourth-order valence-electron chi connectivity index (χ4n) is 2.84. The molecular formula is C20H21NO7. The fourth-order valence-corrected chi connectivity index (χ4v) is 2.84. The van der Waals surface area contributed by atoms with Gasteiger partial charge in [0.1, 0.15) is 6.04 Å². The Labute approximate surface area is 161 Å². The number of carbonyl (C=O) groups is 4. The summed E-state index contributed by atoms with van der Waals surface area (Å²) in [7, 11) is 3.39. The molecule has 0 heterocycles. The van der Waals surface area contributed by atoms with Crippen LogP contribution in [-0.4, -0.2) is 51.2 Å². The SMILES string of the molecule is COC(=O)C[C@@H](C(=O)OC)[C@H](NC(=O)c1cccc2ccccc12)C(=O)OC. The van der Waals surface area contributed by atoms with Crippen molar-refractivity contribution >= 4 is 34.6 Å². The fraction of sp³-hybridized carbons (Fsp3) is 0.300. The molecule has 0 saturated heterocycles. The van der Waals surface area contributed by atoms with Crippen LogP contribution in [0.15, 0.2) is 42.5 Å². The Morgan fingerprint density at radius 1 is 0.857 bits per heavy atom. The Balaban J connectivity index is 2.39. The van der Waals surface area contributed by atoms with E-state index >= 15 is 0 Å². The first-order chi connectivity index (χ1) is 13.4. The predicted molar refractivity (Wildman–Crippen MR) is 99.4 cm³/mol. The molecule has 0 fully saturated rings. The van der Waals surface area contributed by atoms with Gasteiger partial charge in [0.2, 0.25) is 0 Å². The third kappa shape index (κ3) is 4.64. The predicted octanol–water partition coefficient (Wildman–Crippen LogP) is 1.46. The molecule has 0 aromatic heterocycles. The number of fused-ring (bicyclic) bond motifs is 1. The molecule has 2 aromatic carbocycles. The van der Waals surface area contributed by atoms with Crippen molar-refractivity contribution in [2.45, 2.75) is 12.5 Å². The average molecular weight is 387 g/mol. The molecule has 0 aliphatic carbocycles. The molecule has 1 N–H and O–H groups in total. The van der Waals surface area contributed by atoms with Crippen molar-refractivity contribution in [1.82, 2.24) is 5.32 Å². The van der Waals surface area contributed by atoms with E-state index in [2.05, 4.69) is 14.8 Å². The third-order valence-electron chi connectivity index (χ3n) is 4.30. The number of carbonyl (C=O) groups excluding carboxylic acids is 4. The van der Waals surface area contributed by atoms with E-state index in [4.69, 9.17) is 4.74 Å². The highest BCUT2D eigenvalue weighted by Gasteiger charge is 2.38. The number of hydrogen-bond donors (Lipinski definition) is 1. The molecule has 2 aromatic rings. The minimum Gasteiger partial charge on any atom is -0.469 e. The summed E-state index contributed by atoms with van der Waals surface area (Å²) < 4.78 is 14.0. The van der Waals surface area contributed by atoms with Crippen LogP contribution in [0.25, 0.3) is 10.8 Å². The van der Waals surface area contributed by atoms with Crippen LogP contribution in [-0.2, 0) is 28.6 Å². The van der Waals surface area contributed by atoms with E-state index in [0.717, 1.165) is 26.7 Å². The van der Waals surface area contributed by atoms with Gasteiger partial charge in [-0.15, -0.1) is 0 Å². The molecule has 2 atom stereocenters. The first kappa shape index (κ1) is 20.9. The van der Waals surface area contributed by atoms with Gasteiger partial charge < -0.3 is 19.5 Å². The summed E-state index contributed by atoms with van der Waals surface area (Å²) in [6, 6.07) is 11.0. The van der Waals surface area contributed by atoms with Crippen LogP contribution in [0.3, 0.4) is 0 Å². The molecule has 0 radical (unpaired) electrons. The number of hydrogen-bond acceptors (Lipinski definition) is 7. The van der Waals surface area contributed by atoms with Gasteiger partial charge in [-0.05, 0) is 16.8 Å². The number of benzene rings is 2. The second-order valence-electron chi connectivity index (χ2n) is 5.91. The molecule has 0 unspecified atom stereocenters. The highest BCUT2D eigenvalue weighted by Crippen LogP contribution is 2.20. The Hall–Kier alpha value is -3.42. The topological polar surface area (TPSA) is 108 Å². The Bertz CT molecular complexity index is 888. The highest BCUT2D eigenvalue weighted by atomic mass is 16.5. The second kappa shape index (κ2) is 9.50. The minimum atomic E-state index is -1.43. The lowest BCUT2D eigenvalue weighted by molar-refractivity contribution is -0.158. The van der Waals surface area contributed by atoms with Gasteiger partial charge in [0, 0.05) is 5.56 Å². The van der Waals surface area contributed by atoms with Crippen molar-refractivity contribution in [2.24, 2.45) is 5.92 Å². The van der Waals surface area contributed by atoms with Crippen LogP contribution in [0, 0.1) is 5.92 Å². The molecule has 28 heavy (non-hydrogen) atoms. The van der Waals surface area contributed by atoms with E-state index in [1.165, 1.54) is 0 Å². The van der Waals surface area contributed by atoms with Crippen LogP contribution in [0.1, 0.15) is 16.8 Å². The van der Waals surface area contributed by atoms with Crippen molar-refractivity contribution in [3.63, 3.8) is 0 Å². The van der Waals surface area contributed by atoms with Gasteiger partial charge in [-0.2, -0.15) is 0 Å². The standard InChI is InChI=1S/C20H21NO7/c1-26-16(22)11-15(19(24)27-2)17(20(25)28-3)21-18(23)14-10-6-8-12-7-4-5-9-13(12)14/h4-10,15,17H,11H2,1-3H3,(H,21,23)/t15-,17+/m1/s1. The number of rotatable bonds is 7. The monoisotopic (exact) mass is 387 g/mol. The molecule has 0 aliphatic rings. The molecule has 148 valence electrons. The molecule has 2 rings (SSSR count). The summed E-state index contributed by atoms with van der Waals surface area (Å²) in [6.07, 6.45) is -0.460. The number of methoxy groups -OCH3 is 3. The minimum absolute atomic E-state index is 0.314. The highest BCUT2D eigenvalue weighted by molar-refractivity contribution is 6.08. The first-order valence-corrected chi connectivity index (χ1v) is 8.44. The lowest BCUT2D eigenvalue weighted by Gasteiger charge is -2.23. The smallest absolute Gasteiger partial charge is 0.329 e. The summed E-state index contributed by atoms with van der Waals surface area (Å²) in [6.45, 7) is 0. The lowest BCUT2D eigenvalue weighted by Crippen LogP contribution is -2.50. The van der Waals surface area contributed by atoms with Gasteiger partial charge >= 0.3 is 17.9 Å². The Morgan fingerprint density at radius 2 is 1.50 bits per heavy atom. The average Bonchev–Trinajstić information content (AvgIpc) is 2.74. The maximum Gasteiger partial charge on any atom is 0.329 e. The summed E-state index contributed by atoms with van der Waals surface area (Å²) in [4.78, 5) is 49.0. The normalized spacial score (nSPS) is 12.5. The van der Waals surface area contributed by atoms with Crippen molar-refractivity contribution in [3.8, 4) is 0 Å². The largest absolute Gasteiger partial charge is 0.469 e. The molecular weight excluding hydrogens is 366 g/mol. The van der Waals surface area contributed by atoms with E-state index < -0.39 is 42.2 Å². The van der Waals surface area contributed by atoms with Gasteiger partial charge in [-0.25, -0.2) is 4.79 Å². The van der Waals surface area contributed by atoms with Crippen molar-refractivity contribution in [3.05, 3.63) is 48.0 Å². The van der Waals surface area contributed by atoms with Gasteiger partial charge in [-0.1, -0.05) is 36.4 Å².